The van der Waals surface area contributed by atoms with Crippen LogP contribution in [-0.4, -0.2) is 35.1 Å². The Morgan fingerprint density at radius 1 is 1.08 bits per heavy atom. The molecule has 1 saturated heterocycles. The number of hydrogen-bond donors (Lipinski definition) is 1. The van der Waals surface area contributed by atoms with Gasteiger partial charge >= 0.3 is 0 Å². The molecule has 1 aliphatic rings. The van der Waals surface area contributed by atoms with E-state index in [-0.39, 0.29) is 0 Å². The monoisotopic (exact) mass is 335 g/mol. The van der Waals surface area contributed by atoms with Crippen molar-refractivity contribution in [2.45, 2.75) is 31.8 Å². The lowest BCUT2D eigenvalue weighted by atomic mass is 9.93. The van der Waals surface area contributed by atoms with Gasteiger partial charge in [0.25, 0.3) is 0 Å². The standard InChI is InChI=1S/C21H25N3O/c1-24(14-16-6-3-2-4-7-16)15-18-20(17-9-12-25-13-10-17)23-19-8-5-11-22-21(18)19/h2-8,11,17,23H,9-10,12-15H2,1H3. The number of pyridine rings is 1. The maximum atomic E-state index is 5.56. The predicted octanol–water partition coefficient (Wildman–Crippen LogP) is 4.09. The fourth-order valence-electron chi connectivity index (χ4n) is 3.81. The van der Waals surface area contributed by atoms with Crippen LogP contribution in [0.1, 0.15) is 35.6 Å². The van der Waals surface area contributed by atoms with Crippen LogP contribution >= 0.6 is 0 Å². The Morgan fingerprint density at radius 2 is 1.88 bits per heavy atom. The molecule has 1 N–H and O–H groups in total. The number of fused-ring (bicyclic) bond motifs is 1. The molecule has 1 aromatic carbocycles. The quantitative estimate of drug-likeness (QED) is 0.763. The molecule has 1 aliphatic heterocycles. The third-order valence-corrected chi connectivity index (χ3v) is 5.04. The van der Waals surface area contributed by atoms with Crippen molar-refractivity contribution in [2.24, 2.45) is 0 Å². The Morgan fingerprint density at radius 3 is 2.68 bits per heavy atom. The minimum absolute atomic E-state index is 0.545. The van der Waals surface area contributed by atoms with Crippen LogP contribution in [0.15, 0.2) is 48.7 Å². The van der Waals surface area contributed by atoms with Crippen LogP contribution < -0.4 is 0 Å². The first-order chi connectivity index (χ1) is 12.3. The van der Waals surface area contributed by atoms with Gasteiger partial charge in [0, 0.05) is 49.7 Å². The second-order valence-electron chi connectivity index (χ2n) is 6.96. The van der Waals surface area contributed by atoms with Gasteiger partial charge < -0.3 is 9.72 Å². The van der Waals surface area contributed by atoms with Gasteiger partial charge in [-0.3, -0.25) is 9.88 Å². The fourth-order valence-corrected chi connectivity index (χ4v) is 3.81. The molecular weight excluding hydrogens is 310 g/mol. The van der Waals surface area contributed by atoms with Crippen LogP contribution in [0.4, 0.5) is 0 Å². The van der Waals surface area contributed by atoms with E-state index >= 15 is 0 Å². The summed E-state index contributed by atoms with van der Waals surface area (Å²) in [5, 5.41) is 0. The molecule has 3 heterocycles. The molecule has 0 radical (unpaired) electrons. The van der Waals surface area contributed by atoms with Gasteiger partial charge in [0.2, 0.25) is 0 Å². The number of H-pyrrole nitrogens is 1. The van der Waals surface area contributed by atoms with Crippen LogP contribution in [0.25, 0.3) is 11.0 Å². The molecule has 2 aromatic heterocycles. The van der Waals surface area contributed by atoms with Crippen molar-refractivity contribution in [3.05, 3.63) is 65.5 Å². The van der Waals surface area contributed by atoms with E-state index < -0.39 is 0 Å². The smallest absolute Gasteiger partial charge is 0.0926 e. The molecule has 4 rings (SSSR count). The summed E-state index contributed by atoms with van der Waals surface area (Å²) in [5.74, 6) is 0.545. The summed E-state index contributed by atoms with van der Waals surface area (Å²) in [6.07, 6.45) is 4.06. The Labute approximate surface area is 148 Å². The van der Waals surface area contributed by atoms with Gasteiger partial charge in [-0.2, -0.15) is 0 Å². The Kier molecular flexibility index (Phi) is 4.81. The first kappa shape index (κ1) is 16.3. The van der Waals surface area contributed by atoms with E-state index in [4.69, 9.17) is 4.74 Å². The number of rotatable bonds is 5. The topological polar surface area (TPSA) is 41.1 Å². The third-order valence-electron chi connectivity index (χ3n) is 5.04. The number of benzene rings is 1. The molecule has 0 spiro atoms. The van der Waals surface area contributed by atoms with E-state index in [0.717, 1.165) is 50.2 Å². The largest absolute Gasteiger partial charge is 0.381 e. The van der Waals surface area contributed by atoms with Crippen molar-refractivity contribution in [2.75, 3.05) is 20.3 Å². The molecule has 3 aromatic rings. The zero-order valence-corrected chi connectivity index (χ0v) is 14.7. The maximum absolute atomic E-state index is 5.56. The summed E-state index contributed by atoms with van der Waals surface area (Å²) in [5.41, 5.74) is 6.30. The number of aromatic nitrogens is 2. The summed E-state index contributed by atoms with van der Waals surface area (Å²) >= 11 is 0. The Hall–Kier alpha value is -2.17. The zero-order valence-electron chi connectivity index (χ0n) is 14.7. The van der Waals surface area contributed by atoms with Crippen molar-refractivity contribution >= 4 is 11.0 Å². The lowest BCUT2D eigenvalue weighted by molar-refractivity contribution is 0.0843. The lowest BCUT2D eigenvalue weighted by Gasteiger charge is -2.24. The highest BCUT2D eigenvalue weighted by Crippen LogP contribution is 2.33. The minimum Gasteiger partial charge on any atom is -0.381 e. The van der Waals surface area contributed by atoms with Crippen molar-refractivity contribution in [3.8, 4) is 0 Å². The first-order valence-corrected chi connectivity index (χ1v) is 9.07. The van der Waals surface area contributed by atoms with Crippen LogP contribution in [0, 0.1) is 0 Å². The highest BCUT2D eigenvalue weighted by atomic mass is 16.5. The van der Waals surface area contributed by atoms with E-state index in [1.54, 1.807) is 0 Å². The number of nitrogens with zero attached hydrogens (tertiary/aromatic N) is 2. The van der Waals surface area contributed by atoms with E-state index in [2.05, 4.69) is 58.3 Å². The molecule has 0 unspecified atom stereocenters. The predicted molar refractivity (Wildman–Crippen MR) is 101 cm³/mol. The number of hydrogen-bond acceptors (Lipinski definition) is 3. The van der Waals surface area contributed by atoms with Crippen molar-refractivity contribution in [1.29, 1.82) is 0 Å². The van der Waals surface area contributed by atoms with Crippen LogP contribution in [0.3, 0.4) is 0 Å². The second-order valence-corrected chi connectivity index (χ2v) is 6.96. The highest BCUT2D eigenvalue weighted by molar-refractivity contribution is 5.80. The summed E-state index contributed by atoms with van der Waals surface area (Å²) in [6.45, 7) is 3.55. The average molecular weight is 335 g/mol. The van der Waals surface area contributed by atoms with Gasteiger partial charge in [0.05, 0.1) is 11.0 Å². The van der Waals surface area contributed by atoms with Gasteiger partial charge in [-0.25, -0.2) is 0 Å². The molecule has 0 amide bonds. The summed E-state index contributed by atoms with van der Waals surface area (Å²) in [7, 11) is 2.18. The molecule has 0 aliphatic carbocycles. The van der Waals surface area contributed by atoms with E-state index in [1.807, 2.05) is 12.3 Å². The van der Waals surface area contributed by atoms with E-state index in [9.17, 15) is 0 Å². The highest BCUT2D eigenvalue weighted by Gasteiger charge is 2.23. The molecule has 0 saturated carbocycles. The molecule has 0 atom stereocenters. The maximum Gasteiger partial charge on any atom is 0.0926 e. The van der Waals surface area contributed by atoms with Crippen molar-refractivity contribution in [1.82, 2.24) is 14.9 Å². The summed E-state index contributed by atoms with van der Waals surface area (Å²) in [6, 6.07) is 14.8. The number of ether oxygens (including phenoxy) is 1. The normalized spacial score (nSPS) is 15.9. The minimum atomic E-state index is 0.545. The zero-order chi connectivity index (χ0) is 17.1. The number of nitrogens with one attached hydrogen (secondary N) is 1. The average Bonchev–Trinajstić information content (AvgIpc) is 3.02. The van der Waals surface area contributed by atoms with E-state index in [0.29, 0.717) is 5.92 Å². The van der Waals surface area contributed by atoms with Gasteiger partial charge in [-0.15, -0.1) is 0 Å². The molecule has 4 nitrogen and oxygen atoms in total. The summed E-state index contributed by atoms with van der Waals surface area (Å²) in [4.78, 5) is 10.7. The Balaban J connectivity index is 1.62. The lowest BCUT2D eigenvalue weighted by Crippen LogP contribution is -2.20. The van der Waals surface area contributed by atoms with E-state index in [1.165, 1.54) is 16.8 Å². The fraction of sp³-hybridized carbons (Fsp3) is 0.381. The molecule has 25 heavy (non-hydrogen) atoms. The van der Waals surface area contributed by atoms with Gasteiger partial charge in [-0.05, 0) is 37.6 Å². The van der Waals surface area contributed by atoms with Crippen LogP contribution in [0.5, 0.6) is 0 Å². The van der Waals surface area contributed by atoms with Crippen LogP contribution in [0.2, 0.25) is 0 Å². The van der Waals surface area contributed by atoms with Crippen LogP contribution in [-0.2, 0) is 17.8 Å². The van der Waals surface area contributed by atoms with Gasteiger partial charge in [-0.1, -0.05) is 30.3 Å². The molecule has 1 fully saturated rings. The molecule has 4 heteroatoms. The molecule has 0 bridgehead atoms. The molecular formula is C21H25N3O. The van der Waals surface area contributed by atoms with Crippen molar-refractivity contribution < 1.29 is 4.74 Å². The SMILES string of the molecule is CN(Cc1ccccc1)Cc1c(C2CCOCC2)[nH]c2cccnc12. The van der Waals surface area contributed by atoms with Gasteiger partial charge in [0.1, 0.15) is 0 Å². The Bertz CT molecular complexity index is 822. The first-order valence-electron chi connectivity index (χ1n) is 9.07. The van der Waals surface area contributed by atoms with Crippen molar-refractivity contribution in [3.63, 3.8) is 0 Å². The third kappa shape index (κ3) is 3.60. The summed E-state index contributed by atoms with van der Waals surface area (Å²) < 4.78 is 5.56. The molecule has 130 valence electrons. The second kappa shape index (κ2) is 7.38. The number of aromatic amines is 1. The van der Waals surface area contributed by atoms with Gasteiger partial charge in [0.15, 0.2) is 0 Å².